The van der Waals surface area contributed by atoms with Crippen molar-refractivity contribution < 1.29 is 10.2 Å². The van der Waals surface area contributed by atoms with Crippen molar-refractivity contribution >= 4 is 12.4 Å². The number of hydrogen-bond acceptors (Lipinski definition) is 4. The molecule has 0 bridgehead atoms. The van der Waals surface area contributed by atoms with E-state index in [1.165, 1.54) is 89.9 Å². The van der Waals surface area contributed by atoms with Gasteiger partial charge in [0.25, 0.3) is 0 Å². The molecular weight excluding hydrogens is 444 g/mol. The van der Waals surface area contributed by atoms with Crippen LogP contribution in [-0.4, -0.2) is 35.7 Å². The number of rotatable bonds is 21. The number of phenolic OH excluding ortho intramolecular Hbond substituents is 2. The van der Waals surface area contributed by atoms with Gasteiger partial charge in [0.1, 0.15) is 11.5 Å². The molecule has 0 amide bonds. The predicted octanol–water partition coefficient (Wildman–Crippen LogP) is 8.88. The van der Waals surface area contributed by atoms with Crippen LogP contribution in [0.15, 0.2) is 58.5 Å². The van der Waals surface area contributed by atoms with Gasteiger partial charge in [-0.1, -0.05) is 114 Å². The smallest absolute Gasteiger partial charge is 0.124 e. The Labute approximate surface area is 219 Å². The molecule has 0 saturated carbocycles. The molecule has 4 nitrogen and oxygen atoms in total. The van der Waals surface area contributed by atoms with Crippen LogP contribution in [-0.2, 0) is 0 Å². The van der Waals surface area contributed by atoms with Crippen molar-refractivity contribution in [3.8, 4) is 11.5 Å². The number of nitrogens with zero attached hydrogens (tertiary/aromatic N) is 2. The van der Waals surface area contributed by atoms with Crippen molar-refractivity contribution in [2.24, 2.45) is 9.98 Å². The summed E-state index contributed by atoms with van der Waals surface area (Å²) in [4.78, 5) is 8.86. The normalized spacial score (nSPS) is 11.7. The molecule has 0 aliphatic carbocycles. The lowest BCUT2D eigenvalue weighted by molar-refractivity contribution is 0.474. The first-order chi connectivity index (χ1) is 17.8. The lowest BCUT2D eigenvalue weighted by atomic mass is 10.0. The van der Waals surface area contributed by atoms with E-state index in [0.717, 1.165) is 37.1 Å². The number of aromatic hydroxyl groups is 2. The molecule has 4 heteroatoms. The minimum Gasteiger partial charge on any atom is -0.507 e. The molecule has 2 aromatic rings. The Morgan fingerprint density at radius 2 is 0.694 bits per heavy atom. The fourth-order valence-corrected chi connectivity index (χ4v) is 4.40. The standard InChI is InChI=1S/C32H48N2O2/c35-31-23-17-15-21-29(31)27-33-25-19-13-11-9-7-5-3-1-2-4-6-8-10-12-14-20-26-34-28-30-22-16-18-24-32(30)36/h15-18,21-24,27-28,35-36H,1-14,19-20,25-26H2. The van der Waals surface area contributed by atoms with Crippen LogP contribution in [0.1, 0.15) is 114 Å². The Kier molecular flexibility index (Phi) is 16.9. The van der Waals surface area contributed by atoms with Crippen molar-refractivity contribution in [2.45, 2.75) is 103 Å². The van der Waals surface area contributed by atoms with Crippen LogP contribution in [0.2, 0.25) is 0 Å². The van der Waals surface area contributed by atoms with Gasteiger partial charge >= 0.3 is 0 Å². The van der Waals surface area contributed by atoms with Crippen LogP contribution in [0.3, 0.4) is 0 Å². The lowest BCUT2D eigenvalue weighted by Gasteiger charge is -2.03. The summed E-state index contributed by atoms with van der Waals surface area (Å²) in [6.07, 6.45) is 24.8. The van der Waals surface area contributed by atoms with Gasteiger partial charge in [0, 0.05) is 36.6 Å². The van der Waals surface area contributed by atoms with Crippen LogP contribution in [0, 0.1) is 0 Å². The third-order valence-electron chi connectivity index (χ3n) is 6.66. The molecule has 0 unspecified atom stereocenters. The SMILES string of the molecule is Oc1ccccc1C=NCCCCCCCCCCCCCCCCCCN=Cc1ccccc1O. The molecule has 0 radical (unpaired) electrons. The summed E-state index contributed by atoms with van der Waals surface area (Å²) < 4.78 is 0. The van der Waals surface area contributed by atoms with Crippen LogP contribution in [0.4, 0.5) is 0 Å². The molecule has 2 N–H and O–H groups in total. The topological polar surface area (TPSA) is 65.2 Å². The first-order valence-corrected chi connectivity index (χ1v) is 14.3. The molecule has 198 valence electrons. The van der Waals surface area contributed by atoms with Gasteiger partial charge in [0.15, 0.2) is 0 Å². The Morgan fingerprint density at radius 1 is 0.417 bits per heavy atom. The zero-order valence-corrected chi connectivity index (χ0v) is 22.3. The number of phenols is 2. The Hall–Kier alpha value is -2.62. The monoisotopic (exact) mass is 492 g/mol. The number of benzene rings is 2. The van der Waals surface area contributed by atoms with Crippen molar-refractivity contribution in [3.63, 3.8) is 0 Å². The summed E-state index contributed by atoms with van der Waals surface area (Å²) in [6, 6.07) is 14.7. The number of unbranched alkanes of at least 4 members (excludes halogenated alkanes) is 15. The first-order valence-electron chi connectivity index (χ1n) is 14.3. The molecule has 2 rings (SSSR count). The predicted molar refractivity (Wildman–Crippen MR) is 155 cm³/mol. The van der Waals surface area contributed by atoms with E-state index < -0.39 is 0 Å². The molecule has 2 aromatic carbocycles. The van der Waals surface area contributed by atoms with Gasteiger partial charge < -0.3 is 10.2 Å². The van der Waals surface area contributed by atoms with E-state index in [-0.39, 0.29) is 0 Å². The van der Waals surface area contributed by atoms with E-state index in [2.05, 4.69) is 9.98 Å². The quantitative estimate of drug-likeness (QED) is 0.135. The summed E-state index contributed by atoms with van der Waals surface area (Å²) in [7, 11) is 0. The maximum atomic E-state index is 9.71. The minimum atomic E-state index is 0.303. The van der Waals surface area contributed by atoms with Gasteiger partial charge in [-0.25, -0.2) is 0 Å². The van der Waals surface area contributed by atoms with E-state index in [1.54, 1.807) is 24.6 Å². The fourth-order valence-electron chi connectivity index (χ4n) is 4.40. The first kappa shape index (κ1) is 29.6. The summed E-state index contributed by atoms with van der Waals surface area (Å²) >= 11 is 0. The second-order valence-electron chi connectivity index (χ2n) is 9.85. The summed E-state index contributed by atoms with van der Waals surface area (Å²) in [5.74, 6) is 0.607. The van der Waals surface area contributed by atoms with Crippen molar-refractivity contribution in [2.75, 3.05) is 13.1 Å². The van der Waals surface area contributed by atoms with Gasteiger partial charge in [0.05, 0.1) is 0 Å². The van der Waals surface area contributed by atoms with Gasteiger partial charge in [-0.2, -0.15) is 0 Å². The third-order valence-corrected chi connectivity index (χ3v) is 6.66. The number of para-hydroxylation sites is 2. The van der Waals surface area contributed by atoms with E-state index in [0.29, 0.717) is 11.5 Å². The van der Waals surface area contributed by atoms with Crippen LogP contribution >= 0.6 is 0 Å². The Morgan fingerprint density at radius 3 is 1.00 bits per heavy atom. The average Bonchev–Trinajstić information content (AvgIpc) is 2.89. The highest BCUT2D eigenvalue weighted by atomic mass is 16.3. The van der Waals surface area contributed by atoms with E-state index >= 15 is 0 Å². The van der Waals surface area contributed by atoms with Crippen LogP contribution in [0.25, 0.3) is 0 Å². The molecule has 0 saturated heterocycles. The molecular formula is C32H48N2O2. The molecule has 0 aliphatic heterocycles. The Balaban J connectivity index is 1.26. The summed E-state index contributed by atoms with van der Waals surface area (Å²) in [5.41, 5.74) is 1.61. The average molecular weight is 493 g/mol. The maximum absolute atomic E-state index is 9.71. The van der Waals surface area contributed by atoms with Gasteiger partial charge in [0.2, 0.25) is 0 Å². The minimum absolute atomic E-state index is 0.303. The third kappa shape index (κ3) is 14.7. The highest BCUT2D eigenvalue weighted by Crippen LogP contribution is 2.15. The highest BCUT2D eigenvalue weighted by molar-refractivity contribution is 5.83. The largest absolute Gasteiger partial charge is 0.507 e. The van der Waals surface area contributed by atoms with Gasteiger partial charge in [-0.05, 0) is 37.1 Å². The Bertz CT molecular complexity index is 791. The summed E-state index contributed by atoms with van der Waals surface area (Å²) in [5, 5.41) is 19.4. The lowest BCUT2D eigenvalue weighted by Crippen LogP contribution is -1.87. The van der Waals surface area contributed by atoms with Crippen molar-refractivity contribution in [3.05, 3.63) is 59.7 Å². The van der Waals surface area contributed by atoms with Gasteiger partial charge in [-0.15, -0.1) is 0 Å². The molecule has 0 fully saturated rings. The second-order valence-corrected chi connectivity index (χ2v) is 9.85. The van der Waals surface area contributed by atoms with Gasteiger partial charge in [-0.3, -0.25) is 9.98 Å². The highest BCUT2D eigenvalue weighted by Gasteiger charge is 1.97. The maximum Gasteiger partial charge on any atom is 0.124 e. The molecule has 0 aliphatic rings. The second kappa shape index (κ2) is 20.6. The number of aliphatic imine (C=N–C) groups is 2. The molecule has 0 atom stereocenters. The van der Waals surface area contributed by atoms with E-state index in [9.17, 15) is 10.2 Å². The van der Waals surface area contributed by atoms with Crippen LogP contribution in [0.5, 0.6) is 11.5 Å². The van der Waals surface area contributed by atoms with E-state index in [1.807, 2.05) is 36.4 Å². The summed E-state index contributed by atoms with van der Waals surface area (Å²) in [6.45, 7) is 1.70. The van der Waals surface area contributed by atoms with Crippen molar-refractivity contribution in [1.82, 2.24) is 0 Å². The fraction of sp³-hybridized carbons (Fsp3) is 0.562. The zero-order valence-electron chi connectivity index (χ0n) is 22.3. The molecule has 0 heterocycles. The number of hydrogen-bond donors (Lipinski definition) is 2. The van der Waals surface area contributed by atoms with Crippen molar-refractivity contribution in [1.29, 1.82) is 0 Å². The molecule has 0 aromatic heterocycles. The molecule has 0 spiro atoms. The molecule has 36 heavy (non-hydrogen) atoms. The van der Waals surface area contributed by atoms with E-state index in [4.69, 9.17) is 0 Å². The van der Waals surface area contributed by atoms with Crippen LogP contribution < -0.4 is 0 Å². The zero-order chi connectivity index (χ0) is 25.5.